The molecule has 0 aliphatic carbocycles. The van der Waals surface area contributed by atoms with Crippen LogP contribution in [-0.4, -0.2) is 40.1 Å². The van der Waals surface area contributed by atoms with Crippen molar-refractivity contribution in [2.45, 2.75) is 43.9 Å². The molecular formula is C12H16IN3O. The first kappa shape index (κ1) is 11.6. The van der Waals surface area contributed by atoms with Crippen molar-refractivity contribution < 1.29 is 4.74 Å². The van der Waals surface area contributed by atoms with Gasteiger partial charge in [0.2, 0.25) is 5.88 Å². The SMILES string of the molecule is CN1C2CCC1CC(Oc1cnc(I)cn1)C2. The van der Waals surface area contributed by atoms with Gasteiger partial charge in [-0.05, 0) is 55.3 Å². The van der Waals surface area contributed by atoms with E-state index in [4.69, 9.17) is 4.74 Å². The summed E-state index contributed by atoms with van der Waals surface area (Å²) in [6, 6.07) is 1.41. The molecule has 0 spiro atoms. The molecule has 2 unspecified atom stereocenters. The number of ether oxygens (including phenoxy) is 1. The molecule has 0 N–H and O–H groups in total. The topological polar surface area (TPSA) is 38.2 Å². The molecule has 2 saturated heterocycles. The fourth-order valence-corrected chi connectivity index (χ4v) is 3.27. The van der Waals surface area contributed by atoms with Crippen molar-refractivity contribution in [2.24, 2.45) is 0 Å². The van der Waals surface area contributed by atoms with Crippen LogP contribution in [0.2, 0.25) is 0 Å². The van der Waals surface area contributed by atoms with Crippen LogP contribution < -0.4 is 4.74 Å². The first-order chi connectivity index (χ1) is 8.22. The smallest absolute Gasteiger partial charge is 0.232 e. The molecule has 4 nitrogen and oxygen atoms in total. The van der Waals surface area contributed by atoms with Crippen molar-refractivity contribution in [3.63, 3.8) is 0 Å². The Hall–Kier alpha value is -0.430. The Bertz CT molecular complexity index is 383. The first-order valence-corrected chi connectivity index (χ1v) is 7.16. The largest absolute Gasteiger partial charge is 0.473 e. The highest BCUT2D eigenvalue weighted by Crippen LogP contribution is 2.35. The number of rotatable bonds is 2. The van der Waals surface area contributed by atoms with Gasteiger partial charge < -0.3 is 9.64 Å². The van der Waals surface area contributed by atoms with Crippen molar-refractivity contribution in [1.29, 1.82) is 0 Å². The summed E-state index contributed by atoms with van der Waals surface area (Å²) in [4.78, 5) is 11.0. The molecule has 5 heteroatoms. The second-order valence-corrected chi connectivity index (χ2v) is 6.04. The average Bonchev–Trinajstić information content (AvgIpc) is 2.55. The molecule has 1 aromatic heterocycles. The van der Waals surface area contributed by atoms with E-state index >= 15 is 0 Å². The molecule has 17 heavy (non-hydrogen) atoms. The number of aromatic nitrogens is 2. The highest BCUT2D eigenvalue weighted by Gasteiger charge is 2.39. The first-order valence-electron chi connectivity index (χ1n) is 6.08. The van der Waals surface area contributed by atoms with Crippen LogP contribution in [0.3, 0.4) is 0 Å². The van der Waals surface area contributed by atoms with E-state index in [1.165, 1.54) is 12.8 Å². The minimum Gasteiger partial charge on any atom is -0.473 e. The highest BCUT2D eigenvalue weighted by atomic mass is 127. The van der Waals surface area contributed by atoms with Gasteiger partial charge in [0.25, 0.3) is 0 Å². The minimum atomic E-state index is 0.318. The van der Waals surface area contributed by atoms with E-state index in [-0.39, 0.29) is 0 Å². The molecule has 3 rings (SSSR count). The van der Waals surface area contributed by atoms with Gasteiger partial charge >= 0.3 is 0 Å². The van der Waals surface area contributed by atoms with Gasteiger partial charge in [-0.3, -0.25) is 0 Å². The maximum absolute atomic E-state index is 5.94. The second kappa shape index (κ2) is 4.68. The molecule has 0 amide bonds. The van der Waals surface area contributed by atoms with Crippen LogP contribution in [-0.2, 0) is 0 Å². The fourth-order valence-electron chi connectivity index (χ4n) is 2.99. The molecule has 3 heterocycles. The van der Waals surface area contributed by atoms with Crippen LogP contribution in [0.4, 0.5) is 0 Å². The van der Waals surface area contributed by atoms with Crippen LogP contribution in [0.15, 0.2) is 12.4 Å². The van der Waals surface area contributed by atoms with Gasteiger partial charge in [-0.2, -0.15) is 0 Å². The predicted octanol–water partition coefficient (Wildman–Crippen LogP) is 2.09. The summed E-state index contributed by atoms with van der Waals surface area (Å²) in [5.41, 5.74) is 0. The van der Waals surface area contributed by atoms with Crippen molar-refractivity contribution in [3.8, 4) is 5.88 Å². The summed E-state index contributed by atoms with van der Waals surface area (Å²) in [7, 11) is 2.24. The fraction of sp³-hybridized carbons (Fsp3) is 0.667. The summed E-state index contributed by atoms with van der Waals surface area (Å²) in [6.45, 7) is 0. The van der Waals surface area contributed by atoms with E-state index < -0.39 is 0 Å². The van der Waals surface area contributed by atoms with E-state index in [0.29, 0.717) is 24.1 Å². The van der Waals surface area contributed by atoms with Crippen molar-refractivity contribution in [2.75, 3.05) is 7.05 Å². The second-order valence-electron chi connectivity index (χ2n) is 4.94. The predicted molar refractivity (Wildman–Crippen MR) is 73.0 cm³/mol. The number of nitrogens with zero attached hydrogens (tertiary/aromatic N) is 3. The summed E-state index contributed by atoms with van der Waals surface area (Å²) in [5.74, 6) is 0.666. The maximum Gasteiger partial charge on any atom is 0.232 e. The summed E-state index contributed by atoms with van der Waals surface area (Å²) < 4.78 is 6.84. The molecular weight excluding hydrogens is 329 g/mol. The quantitative estimate of drug-likeness (QED) is 0.770. The Labute approximate surface area is 115 Å². The Kier molecular flexibility index (Phi) is 3.21. The van der Waals surface area contributed by atoms with Crippen molar-refractivity contribution >= 4 is 22.6 Å². The molecule has 2 aliphatic heterocycles. The number of piperidine rings is 1. The van der Waals surface area contributed by atoms with Gasteiger partial charge in [-0.1, -0.05) is 0 Å². The molecule has 0 aromatic carbocycles. The van der Waals surface area contributed by atoms with E-state index in [1.54, 1.807) is 12.4 Å². The van der Waals surface area contributed by atoms with Crippen molar-refractivity contribution in [1.82, 2.24) is 14.9 Å². The number of hydrogen-bond donors (Lipinski definition) is 0. The Morgan fingerprint density at radius 3 is 2.53 bits per heavy atom. The lowest BCUT2D eigenvalue weighted by Crippen LogP contribution is -2.43. The maximum atomic E-state index is 5.94. The molecule has 2 aliphatic rings. The van der Waals surface area contributed by atoms with Crippen LogP contribution in [0.1, 0.15) is 25.7 Å². The zero-order valence-corrected chi connectivity index (χ0v) is 12.0. The zero-order valence-electron chi connectivity index (χ0n) is 9.84. The Morgan fingerprint density at radius 2 is 1.94 bits per heavy atom. The summed E-state index contributed by atoms with van der Waals surface area (Å²) >= 11 is 2.15. The Morgan fingerprint density at radius 1 is 1.24 bits per heavy atom. The summed E-state index contributed by atoms with van der Waals surface area (Å²) in [5, 5.41) is 0. The van der Waals surface area contributed by atoms with Crippen LogP contribution in [0.5, 0.6) is 5.88 Å². The van der Waals surface area contributed by atoms with Gasteiger partial charge in [0.15, 0.2) is 0 Å². The average molecular weight is 345 g/mol. The van der Waals surface area contributed by atoms with Crippen LogP contribution in [0, 0.1) is 3.70 Å². The number of hydrogen-bond acceptors (Lipinski definition) is 4. The highest BCUT2D eigenvalue weighted by molar-refractivity contribution is 14.1. The molecule has 0 radical (unpaired) electrons. The normalized spacial score (nSPS) is 32.7. The monoisotopic (exact) mass is 345 g/mol. The van der Waals surface area contributed by atoms with Gasteiger partial charge in [-0.25, -0.2) is 9.97 Å². The summed E-state index contributed by atoms with van der Waals surface area (Å²) in [6.07, 6.45) is 8.68. The lowest BCUT2D eigenvalue weighted by molar-refractivity contribution is 0.0629. The molecule has 0 saturated carbocycles. The van der Waals surface area contributed by atoms with E-state index in [1.807, 2.05) is 0 Å². The molecule has 2 atom stereocenters. The van der Waals surface area contributed by atoms with Crippen molar-refractivity contribution in [3.05, 3.63) is 16.1 Å². The lowest BCUT2D eigenvalue weighted by atomic mass is 10.0. The third kappa shape index (κ3) is 2.40. The van der Waals surface area contributed by atoms with Crippen LogP contribution >= 0.6 is 22.6 Å². The van der Waals surface area contributed by atoms with E-state index in [9.17, 15) is 0 Å². The molecule has 2 fully saturated rings. The third-order valence-electron chi connectivity index (χ3n) is 3.94. The van der Waals surface area contributed by atoms with E-state index in [0.717, 1.165) is 16.5 Å². The third-order valence-corrected chi connectivity index (χ3v) is 4.50. The molecule has 1 aromatic rings. The van der Waals surface area contributed by atoms with Crippen LogP contribution in [0.25, 0.3) is 0 Å². The number of fused-ring (bicyclic) bond motifs is 2. The Balaban J connectivity index is 1.65. The van der Waals surface area contributed by atoms with Gasteiger partial charge in [0.05, 0.1) is 12.4 Å². The standard InChI is InChI=1S/C12H16IN3O/c1-16-8-2-3-9(16)5-10(4-8)17-12-7-14-11(13)6-15-12/h6-10H,2-5H2,1H3. The van der Waals surface area contributed by atoms with Gasteiger partial charge in [0, 0.05) is 12.1 Å². The zero-order chi connectivity index (χ0) is 11.8. The van der Waals surface area contributed by atoms with E-state index in [2.05, 4.69) is 44.5 Å². The lowest BCUT2D eigenvalue weighted by Gasteiger charge is -2.35. The molecule has 92 valence electrons. The molecule has 2 bridgehead atoms. The minimum absolute atomic E-state index is 0.318. The number of halogens is 1. The van der Waals surface area contributed by atoms with Gasteiger partial charge in [-0.15, -0.1) is 0 Å². The van der Waals surface area contributed by atoms with Gasteiger partial charge in [0.1, 0.15) is 9.80 Å².